The quantitative estimate of drug-likeness (QED) is 0.868. The summed E-state index contributed by atoms with van der Waals surface area (Å²) in [7, 11) is 0. The highest BCUT2D eigenvalue weighted by Crippen LogP contribution is 2.28. The molecule has 0 bridgehead atoms. The van der Waals surface area contributed by atoms with Crippen LogP contribution in [0, 0.1) is 5.92 Å². The van der Waals surface area contributed by atoms with E-state index in [1.807, 2.05) is 6.20 Å². The van der Waals surface area contributed by atoms with Crippen LogP contribution >= 0.6 is 11.3 Å². The number of thiophene rings is 1. The summed E-state index contributed by atoms with van der Waals surface area (Å²) >= 11 is 1.78. The Kier molecular flexibility index (Phi) is 2.79. The normalized spacial score (nSPS) is 17.0. The molecule has 1 fully saturated rings. The van der Waals surface area contributed by atoms with Gasteiger partial charge in [-0.3, -0.25) is 0 Å². The van der Waals surface area contributed by atoms with E-state index >= 15 is 0 Å². The highest BCUT2D eigenvalue weighted by molar-refractivity contribution is 7.17. The van der Waals surface area contributed by atoms with Gasteiger partial charge >= 0.3 is 0 Å². The molecule has 1 aliphatic rings. The standard InChI is InChI=1S/C13H16N2S/c1-2-4-10(3-1)9-15-13-11-6-8-16-12(11)5-7-14-13/h5-8,10H,1-4,9H2,(H,14,15). The molecule has 3 heteroatoms. The van der Waals surface area contributed by atoms with Crippen LogP contribution in [0.2, 0.25) is 0 Å². The van der Waals surface area contributed by atoms with Gasteiger partial charge in [0.25, 0.3) is 0 Å². The van der Waals surface area contributed by atoms with Gasteiger partial charge < -0.3 is 5.32 Å². The lowest BCUT2D eigenvalue weighted by Crippen LogP contribution is -2.11. The van der Waals surface area contributed by atoms with Crippen molar-refractivity contribution >= 4 is 27.2 Å². The zero-order valence-corrected chi connectivity index (χ0v) is 10.1. The highest BCUT2D eigenvalue weighted by Gasteiger charge is 2.15. The van der Waals surface area contributed by atoms with E-state index in [1.165, 1.54) is 35.8 Å². The monoisotopic (exact) mass is 232 g/mol. The first kappa shape index (κ1) is 10.1. The van der Waals surface area contributed by atoms with E-state index in [-0.39, 0.29) is 0 Å². The molecule has 2 aromatic rings. The number of fused-ring (bicyclic) bond motifs is 1. The fourth-order valence-corrected chi connectivity index (χ4v) is 3.27. The molecule has 2 heterocycles. The Labute approximate surface area is 99.7 Å². The van der Waals surface area contributed by atoms with Crippen molar-refractivity contribution in [1.29, 1.82) is 0 Å². The third-order valence-electron chi connectivity index (χ3n) is 3.41. The first-order valence-electron chi connectivity index (χ1n) is 5.99. The second kappa shape index (κ2) is 4.42. The maximum atomic E-state index is 4.44. The summed E-state index contributed by atoms with van der Waals surface area (Å²) in [6.45, 7) is 1.09. The van der Waals surface area contributed by atoms with Gasteiger partial charge in [0.2, 0.25) is 0 Å². The fourth-order valence-electron chi connectivity index (χ4n) is 2.49. The Morgan fingerprint density at radius 1 is 1.31 bits per heavy atom. The van der Waals surface area contributed by atoms with Crippen molar-refractivity contribution in [3.8, 4) is 0 Å². The summed E-state index contributed by atoms with van der Waals surface area (Å²) in [6.07, 6.45) is 7.47. The molecular formula is C13H16N2S. The van der Waals surface area contributed by atoms with Gasteiger partial charge in [-0.05, 0) is 36.3 Å². The summed E-state index contributed by atoms with van der Waals surface area (Å²) < 4.78 is 1.32. The molecule has 2 aromatic heterocycles. The van der Waals surface area contributed by atoms with E-state index in [1.54, 1.807) is 11.3 Å². The molecule has 1 saturated carbocycles. The first-order valence-corrected chi connectivity index (χ1v) is 6.87. The number of hydrogen-bond acceptors (Lipinski definition) is 3. The third-order valence-corrected chi connectivity index (χ3v) is 4.29. The molecule has 84 valence electrons. The topological polar surface area (TPSA) is 24.9 Å². The fraction of sp³-hybridized carbons (Fsp3) is 0.462. The molecule has 0 aliphatic heterocycles. The van der Waals surface area contributed by atoms with E-state index in [0.29, 0.717) is 0 Å². The molecule has 0 radical (unpaired) electrons. The molecule has 2 nitrogen and oxygen atoms in total. The summed E-state index contributed by atoms with van der Waals surface area (Å²) in [6, 6.07) is 4.24. The van der Waals surface area contributed by atoms with Crippen molar-refractivity contribution < 1.29 is 0 Å². The lowest BCUT2D eigenvalue weighted by Gasteiger charge is -2.11. The predicted octanol–water partition coefficient (Wildman–Crippen LogP) is 3.90. The van der Waals surface area contributed by atoms with E-state index in [9.17, 15) is 0 Å². The van der Waals surface area contributed by atoms with Crippen LogP contribution < -0.4 is 5.32 Å². The Hall–Kier alpha value is -1.09. The first-order chi connectivity index (χ1) is 7.93. The maximum Gasteiger partial charge on any atom is 0.134 e. The van der Waals surface area contributed by atoms with Crippen LogP contribution in [0.1, 0.15) is 25.7 Å². The van der Waals surface area contributed by atoms with Gasteiger partial charge in [0, 0.05) is 22.8 Å². The Morgan fingerprint density at radius 2 is 2.19 bits per heavy atom. The molecule has 3 rings (SSSR count). The molecule has 0 saturated heterocycles. The summed E-state index contributed by atoms with van der Waals surface area (Å²) in [5.74, 6) is 1.92. The van der Waals surface area contributed by atoms with Gasteiger partial charge in [0.15, 0.2) is 0 Å². The van der Waals surface area contributed by atoms with Crippen molar-refractivity contribution in [3.05, 3.63) is 23.7 Å². The van der Waals surface area contributed by atoms with Crippen LogP contribution in [-0.4, -0.2) is 11.5 Å². The molecule has 0 amide bonds. The minimum Gasteiger partial charge on any atom is -0.369 e. The van der Waals surface area contributed by atoms with Crippen LogP contribution in [0.5, 0.6) is 0 Å². The summed E-state index contributed by atoms with van der Waals surface area (Å²) in [4.78, 5) is 4.44. The second-order valence-corrected chi connectivity index (χ2v) is 5.47. The average Bonchev–Trinajstić information content (AvgIpc) is 2.97. The lowest BCUT2D eigenvalue weighted by molar-refractivity contribution is 0.579. The zero-order chi connectivity index (χ0) is 10.8. The molecule has 1 aliphatic carbocycles. The van der Waals surface area contributed by atoms with Crippen LogP contribution in [-0.2, 0) is 0 Å². The molecule has 0 atom stereocenters. The minimum absolute atomic E-state index is 0.857. The average molecular weight is 232 g/mol. The third kappa shape index (κ3) is 1.92. The molecule has 16 heavy (non-hydrogen) atoms. The van der Waals surface area contributed by atoms with Crippen LogP contribution in [0.4, 0.5) is 5.82 Å². The van der Waals surface area contributed by atoms with Gasteiger partial charge in [-0.15, -0.1) is 11.3 Å². The van der Waals surface area contributed by atoms with E-state index in [4.69, 9.17) is 0 Å². The molecule has 0 aromatic carbocycles. The SMILES string of the molecule is c1cc2sccc2c(NCC2CCCC2)n1. The number of rotatable bonds is 3. The van der Waals surface area contributed by atoms with E-state index in [2.05, 4.69) is 27.8 Å². The van der Waals surface area contributed by atoms with Crippen molar-refractivity contribution in [1.82, 2.24) is 4.98 Å². The second-order valence-electron chi connectivity index (χ2n) is 4.52. The summed E-state index contributed by atoms with van der Waals surface area (Å²) in [5, 5.41) is 6.91. The van der Waals surface area contributed by atoms with Crippen molar-refractivity contribution in [2.24, 2.45) is 5.92 Å². The number of pyridine rings is 1. The molecule has 1 N–H and O–H groups in total. The van der Waals surface area contributed by atoms with Gasteiger partial charge in [-0.25, -0.2) is 4.98 Å². The van der Waals surface area contributed by atoms with E-state index in [0.717, 1.165) is 18.3 Å². The van der Waals surface area contributed by atoms with Crippen LogP contribution in [0.25, 0.3) is 10.1 Å². The molecular weight excluding hydrogens is 216 g/mol. The largest absolute Gasteiger partial charge is 0.369 e. The smallest absolute Gasteiger partial charge is 0.134 e. The van der Waals surface area contributed by atoms with Gasteiger partial charge in [0.1, 0.15) is 5.82 Å². The predicted molar refractivity (Wildman–Crippen MR) is 70.1 cm³/mol. The van der Waals surface area contributed by atoms with Crippen molar-refractivity contribution in [3.63, 3.8) is 0 Å². The molecule has 0 unspecified atom stereocenters. The van der Waals surface area contributed by atoms with Gasteiger partial charge in [-0.1, -0.05) is 12.8 Å². The van der Waals surface area contributed by atoms with Gasteiger partial charge in [-0.2, -0.15) is 0 Å². The van der Waals surface area contributed by atoms with Crippen molar-refractivity contribution in [2.75, 3.05) is 11.9 Å². The van der Waals surface area contributed by atoms with Crippen LogP contribution in [0.3, 0.4) is 0 Å². The van der Waals surface area contributed by atoms with Crippen LogP contribution in [0.15, 0.2) is 23.7 Å². The number of nitrogens with one attached hydrogen (secondary N) is 1. The lowest BCUT2D eigenvalue weighted by atomic mass is 10.1. The van der Waals surface area contributed by atoms with E-state index < -0.39 is 0 Å². The molecule has 0 spiro atoms. The number of aromatic nitrogens is 1. The van der Waals surface area contributed by atoms with Crippen molar-refractivity contribution in [2.45, 2.75) is 25.7 Å². The zero-order valence-electron chi connectivity index (χ0n) is 9.28. The number of hydrogen-bond donors (Lipinski definition) is 1. The Bertz CT molecular complexity index is 471. The van der Waals surface area contributed by atoms with Gasteiger partial charge in [0.05, 0.1) is 0 Å². The number of anilines is 1. The maximum absolute atomic E-state index is 4.44. The summed E-state index contributed by atoms with van der Waals surface area (Å²) in [5.41, 5.74) is 0. The Morgan fingerprint density at radius 3 is 3.06 bits per heavy atom. The Balaban J connectivity index is 1.75. The highest BCUT2D eigenvalue weighted by atomic mass is 32.1. The minimum atomic E-state index is 0.857. The number of nitrogens with zero attached hydrogens (tertiary/aromatic N) is 1.